The number of fused-ring (bicyclic) bond motifs is 1. The number of nitrogens with zero attached hydrogens (tertiary/aromatic N) is 3. The molecule has 0 spiro atoms. The third-order valence-electron chi connectivity index (χ3n) is 3.70. The normalized spacial score (nSPS) is 11.3. The van der Waals surface area contributed by atoms with Gasteiger partial charge < -0.3 is 4.98 Å². The Bertz CT molecular complexity index is 1240. The zero-order valence-electron chi connectivity index (χ0n) is 13.7. The van der Waals surface area contributed by atoms with E-state index in [1.807, 2.05) is 51.3 Å². The first kappa shape index (κ1) is 16.7. The molecular weight excluding hydrogens is 368 g/mol. The van der Waals surface area contributed by atoms with Gasteiger partial charge in [0.2, 0.25) is 0 Å². The first-order chi connectivity index (χ1) is 13.1. The molecule has 1 amide bonds. The van der Waals surface area contributed by atoms with Crippen LogP contribution < -0.4 is 16.7 Å². The number of rotatable bonds is 4. The Morgan fingerprint density at radius 2 is 2.04 bits per heavy atom. The second kappa shape index (κ2) is 6.84. The van der Waals surface area contributed by atoms with Gasteiger partial charge in [-0.25, -0.2) is 15.2 Å². The van der Waals surface area contributed by atoms with E-state index in [1.165, 1.54) is 17.6 Å². The van der Waals surface area contributed by atoms with Crippen LogP contribution in [0.5, 0.6) is 0 Å². The van der Waals surface area contributed by atoms with Gasteiger partial charge in [-0.15, -0.1) is 11.3 Å². The Morgan fingerprint density at radius 1 is 1.22 bits per heavy atom. The van der Waals surface area contributed by atoms with Crippen molar-refractivity contribution in [3.05, 3.63) is 80.2 Å². The Hall–Kier alpha value is -3.79. The SMILES string of the molecule is O=C(N/N=C/c1c(-c2ccccc2)nc2sccn12)c1cc(=O)[nH]c(=O)[nH]1. The monoisotopic (exact) mass is 380 g/mol. The van der Waals surface area contributed by atoms with Crippen molar-refractivity contribution in [1.29, 1.82) is 0 Å². The number of H-pyrrole nitrogens is 2. The lowest BCUT2D eigenvalue weighted by Crippen LogP contribution is -2.28. The van der Waals surface area contributed by atoms with Gasteiger partial charge >= 0.3 is 5.69 Å². The van der Waals surface area contributed by atoms with Gasteiger partial charge in [-0.1, -0.05) is 30.3 Å². The average Bonchev–Trinajstić information content (AvgIpc) is 3.24. The summed E-state index contributed by atoms with van der Waals surface area (Å²) in [5.41, 5.74) is 3.01. The molecule has 4 rings (SSSR count). The predicted molar refractivity (Wildman–Crippen MR) is 101 cm³/mol. The van der Waals surface area contributed by atoms with E-state index in [9.17, 15) is 14.4 Å². The molecule has 0 saturated heterocycles. The van der Waals surface area contributed by atoms with Gasteiger partial charge in [0.1, 0.15) is 5.69 Å². The second-order valence-corrected chi connectivity index (χ2v) is 6.34. The summed E-state index contributed by atoms with van der Waals surface area (Å²) in [6.45, 7) is 0. The molecular formula is C17H12N6O3S. The molecule has 10 heteroatoms. The molecule has 4 aromatic rings. The lowest BCUT2D eigenvalue weighted by molar-refractivity contribution is 0.0949. The van der Waals surface area contributed by atoms with Crippen molar-refractivity contribution in [2.24, 2.45) is 5.10 Å². The van der Waals surface area contributed by atoms with Crippen LogP contribution >= 0.6 is 11.3 Å². The number of imidazole rings is 1. The molecule has 0 unspecified atom stereocenters. The first-order valence-corrected chi connectivity index (χ1v) is 8.68. The first-order valence-electron chi connectivity index (χ1n) is 7.80. The third-order valence-corrected chi connectivity index (χ3v) is 4.46. The van der Waals surface area contributed by atoms with E-state index in [4.69, 9.17) is 0 Å². The van der Waals surface area contributed by atoms with Crippen molar-refractivity contribution < 1.29 is 4.79 Å². The number of aromatic nitrogens is 4. The topological polar surface area (TPSA) is 124 Å². The van der Waals surface area contributed by atoms with Crippen molar-refractivity contribution in [3.63, 3.8) is 0 Å². The highest BCUT2D eigenvalue weighted by molar-refractivity contribution is 7.15. The van der Waals surface area contributed by atoms with Crippen LogP contribution in [0.2, 0.25) is 0 Å². The number of thiazole rings is 1. The minimum Gasteiger partial charge on any atom is -0.303 e. The van der Waals surface area contributed by atoms with E-state index >= 15 is 0 Å². The van der Waals surface area contributed by atoms with Crippen molar-refractivity contribution in [2.75, 3.05) is 0 Å². The molecule has 0 radical (unpaired) electrons. The van der Waals surface area contributed by atoms with Gasteiger partial charge in [-0.2, -0.15) is 5.10 Å². The van der Waals surface area contributed by atoms with E-state index in [2.05, 4.69) is 20.5 Å². The molecule has 27 heavy (non-hydrogen) atoms. The Kier molecular flexibility index (Phi) is 4.22. The molecule has 134 valence electrons. The van der Waals surface area contributed by atoms with Crippen LogP contribution in [0.3, 0.4) is 0 Å². The van der Waals surface area contributed by atoms with Crippen molar-refractivity contribution in [1.82, 2.24) is 24.8 Å². The summed E-state index contributed by atoms with van der Waals surface area (Å²) < 4.78 is 1.86. The zero-order valence-corrected chi connectivity index (χ0v) is 14.5. The standard InChI is InChI=1S/C17H12N6O3S/c24-13-8-11(19-16(26)20-13)15(25)22-18-9-12-14(10-4-2-1-3-5-10)21-17-23(12)6-7-27-17/h1-9H,(H,22,25)(H2,19,20,24,26)/b18-9+. The van der Waals surface area contributed by atoms with Crippen LogP contribution in [-0.4, -0.2) is 31.5 Å². The smallest absolute Gasteiger partial charge is 0.303 e. The molecule has 9 nitrogen and oxygen atoms in total. The number of amides is 1. The molecule has 0 aliphatic carbocycles. The van der Waals surface area contributed by atoms with E-state index in [0.29, 0.717) is 5.69 Å². The summed E-state index contributed by atoms with van der Waals surface area (Å²) in [5, 5.41) is 5.85. The number of hydrogen-bond acceptors (Lipinski definition) is 6. The van der Waals surface area contributed by atoms with Gasteiger partial charge in [-0.05, 0) is 0 Å². The fourth-order valence-corrected chi connectivity index (χ4v) is 3.26. The molecule has 0 saturated carbocycles. The Labute approximate surface area is 155 Å². The van der Waals surface area contributed by atoms with Gasteiger partial charge in [0.15, 0.2) is 4.96 Å². The Balaban J connectivity index is 1.65. The zero-order chi connectivity index (χ0) is 18.8. The summed E-state index contributed by atoms with van der Waals surface area (Å²) in [7, 11) is 0. The maximum Gasteiger partial charge on any atom is 0.326 e. The number of hydrogen-bond donors (Lipinski definition) is 3. The quantitative estimate of drug-likeness (QED) is 0.363. The molecule has 0 fully saturated rings. The maximum absolute atomic E-state index is 12.1. The molecule has 3 heterocycles. The summed E-state index contributed by atoms with van der Waals surface area (Å²) in [4.78, 5) is 44.3. The average molecular weight is 380 g/mol. The van der Waals surface area contributed by atoms with Crippen LogP contribution in [0, 0.1) is 0 Å². The highest BCUT2D eigenvalue weighted by Gasteiger charge is 2.13. The van der Waals surface area contributed by atoms with E-state index in [1.54, 1.807) is 0 Å². The number of carbonyl (C=O) groups excluding carboxylic acids is 1. The largest absolute Gasteiger partial charge is 0.326 e. The lowest BCUT2D eigenvalue weighted by atomic mass is 10.1. The molecule has 0 bridgehead atoms. The molecule has 0 atom stereocenters. The van der Waals surface area contributed by atoms with Crippen LogP contribution in [-0.2, 0) is 0 Å². The molecule has 0 aliphatic heterocycles. The van der Waals surface area contributed by atoms with Crippen molar-refractivity contribution in [2.45, 2.75) is 0 Å². The van der Waals surface area contributed by atoms with Crippen molar-refractivity contribution >= 4 is 28.4 Å². The van der Waals surface area contributed by atoms with E-state index in [0.717, 1.165) is 22.3 Å². The third kappa shape index (κ3) is 3.33. The van der Waals surface area contributed by atoms with Crippen LogP contribution in [0.25, 0.3) is 16.2 Å². The highest BCUT2D eigenvalue weighted by atomic mass is 32.1. The summed E-state index contributed by atoms with van der Waals surface area (Å²) >= 11 is 1.48. The second-order valence-electron chi connectivity index (χ2n) is 5.47. The summed E-state index contributed by atoms with van der Waals surface area (Å²) in [5.74, 6) is -0.707. The Morgan fingerprint density at radius 3 is 2.81 bits per heavy atom. The van der Waals surface area contributed by atoms with Gasteiger partial charge in [-0.3, -0.25) is 19.0 Å². The van der Waals surface area contributed by atoms with Crippen LogP contribution in [0.1, 0.15) is 16.2 Å². The van der Waals surface area contributed by atoms with Gasteiger partial charge in [0.05, 0.1) is 17.6 Å². The van der Waals surface area contributed by atoms with Crippen LogP contribution in [0.15, 0.2) is 62.7 Å². The minimum atomic E-state index is -0.765. The van der Waals surface area contributed by atoms with E-state index < -0.39 is 17.2 Å². The lowest BCUT2D eigenvalue weighted by Gasteiger charge is -2.01. The van der Waals surface area contributed by atoms with Crippen molar-refractivity contribution in [3.8, 4) is 11.3 Å². The van der Waals surface area contributed by atoms with E-state index in [-0.39, 0.29) is 5.69 Å². The number of hydrazone groups is 1. The summed E-state index contributed by atoms with van der Waals surface area (Å²) in [6.07, 6.45) is 3.33. The fraction of sp³-hybridized carbons (Fsp3) is 0. The highest BCUT2D eigenvalue weighted by Crippen LogP contribution is 2.25. The molecule has 0 aliphatic rings. The maximum atomic E-state index is 12.1. The van der Waals surface area contributed by atoms with Crippen LogP contribution in [0.4, 0.5) is 0 Å². The number of benzene rings is 1. The predicted octanol–water partition coefficient (Wildman–Crippen LogP) is 1.20. The molecule has 3 N–H and O–H groups in total. The molecule has 1 aromatic carbocycles. The number of carbonyl (C=O) groups is 1. The minimum absolute atomic E-state index is 0.182. The van der Waals surface area contributed by atoms with Gasteiger partial charge in [0.25, 0.3) is 11.5 Å². The fourth-order valence-electron chi connectivity index (χ4n) is 2.54. The number of aromatic amines is 2. The van der Waals surface area contributed by atoms with Gasteiger partial charge in [0, 0.05) is 23.2 Å². The number of nitrogens with one attached hydrogen (secondary N) is 3. The molecule has 3 aromatic heterocycles. The summed E-state index contributed by atoms with van der Waals surface area (Å²) in [6, 6.07) is 10.6.